The summed E-state index contributed by atoms with van der Waals surface area (Å²) in [5.41, 5.74) is 1.09. The van der Waals surface area contributed by atoms with Crippen LogP contribution in [0.3, 0.4) is 0 Å². The van der Waals surface area contributed by atoms with Crippen LogP contribution in [0, 0.1) is 6.92 Å². The zero-order chi connectivity index (χ0) is 22.9. The molecule has 0 radical (unpaired) electrons. The van der Waals surface area contributed by atoms with Gasteiger partial charge in [-0.25, -0.2) is 4.99 Å². The fraction of sp³-hybridized carbons (Fsp3) is 0.591. The predicted molar refractivity (Wildman–Crippen MR) is 125 cm³/mol. The highest BCUT2D eigenvalue weighted by molar-refractivity contribution is 5.80. The van der Waals surface area contributed by atoms with Crippen molar-refractivity contribution >= 4 is 11.6 Å². The molecule has 1 aliphatic heterocycles. The predicted octanol–water partition coefficient (Wildman–Crippen LogP) is 1.49. The van der Waals surface area contributed by atoms with E-state index in [4.69, 9.17) is 19.2 Å². The van der Waals surface area contributed by atoms with E-state index in [0.29, 0.717) is 13.2 Å². The van der Waals surface area contributed by atoms with E-state index in [1.54, 1.807) is 21.3 Å². The lowest BCUT2D eigenvalue weighted by atomic mass is 10.2. The van der Waals surface area contributed by atoms with Crippen molar-refractivity contribution in [3.05, 3.63) is 29.8 Å². The second-order valence-electron chi connectivity index (χ2n) is 7.81. The van der Waals surface area contributed by atoms with Gasteiger partial charge in [0, 0.05) is 70.3 Å². The summed E-state index contributed by atoms with van der Waals surface area (Å²) < 4.78 is 18.0. The van der Waals surface area contributed by atoms with Gasteiger partial charge in [0.15, 0.2) is 11.8 Å². The third-order valence-electron chi connectivity index (χ3n) is 5.61. The number of nitrogens with one attached hydrogen (secondary N) is 2. The van der Waals surface area contributed by atoms with Gasteiger partial charge in [0.25, 0.3) is 0 Å². The topological polar surface area (TPSA) is 98.1 Å². The Bertz CT molecular complexity index is 877. The summed E-state index contributed by atoms with van der Waals surface area (Å²) in [6.45, 7) is 5.67. The molecule has 2 aromatic rings. The van der Waals surface area contributed by atoms with Crippen molar-refractivity contribution in [1.29, 1.82) is 0 Å². The van der Waals surface area contributed by atoms with Gasteiger partial charge in [0.1, 0.15) is 23.9 Å². The zero-order valence-corrected chi connectivity index (χ0v) is 19.7. The van der Waals surface area contributed by atoms with E-state index in [2.05, 4.69) is 25.7 Å². The van der Waals surface area contributed by atoms with Crippen molar-refractivity contribution in [2.75, 3.05) is 52.5 Å². The Morgan fingerprint density at radius 2 is 1.91 bits per heavy atom. The minimum absolute atomic E-state index is 0.266. The molecule has 2 heterocycles. The number of ether oxygens (including phenoxy) is 3. The molecule has 0 amide bonds. The third kappa shape index (κ3) is 6.25. The number of aryl methyl sites for hydroxylation is 1. The summed E-state index contributed by atoms with van der Waals surface area (Å²) in [5, 5.41) is 15.3. The molecule has 176 valence electrons. The van der Waals surface area contributed by atoms with Gasteiger partial charge in [0.2, 0.25) is 0 Å². The van der Waals surface area contributed by atoms with E-state index >= 15 is 0 Å². The maximum Gasteiger partial charge on any atom is 0.191 e. The average Bonchev–Trinajstić information content (AvgIpc) is 3.41. The van der Waals surface area contributed by atoms with Crippen LogP contribution in [0.15, 0.2) is 23.2 Å². The van der Waals surface area contributed by atoms with E-state index in [0.717, 1.165) is 67.3 Å². The molecule has 0 spiro atoms. The van der Waals surface area contributed by atoms with Gasteiger partial charge in [0.05, 0.1) is 14.2 Å². The molecule has 0 saturated carbocycles. The van der Waals surface area contributed by atoms with Crippen molar-refractivity contribution in [1.82, 2.24) is 25.4 Å². The molecule has 1 fully saturated rings. The summed E-state index contributed by atoms with van der Waals surface area (Å²) in [5.74, 6) is 4.06. The number of rotatable bonds is 10. The first-order valence-corrected chi connectivity index (χ1v) is 10.9. The van der Waals surface area contributed by atoms with E-state index in [1.165, 1.54) is 0 Å². The second-order valence-corrected chi connectivity index (χ2v) is 7.81. The molecule has 1 unspecified atom stereocenters. The molecule has 3 rings (SSSR count). The lowest BCUT2D eigenvalue weighted by Gasteiger charge is -2.21. The molecular weight excluding hydrogens is 410 g/mol. The molecular formula is C22H35N7O3. The molecule has 1 saturated heterocycles. The number of guanidine groups is 1. The fourth-order valence-corrected chi connectivity index (χ4v) is 3.60. The Hall–Kier alpha value is -3.01. The molecule has 1 atom stereocenters. The number of aliphatic imine (C=N–C) groups is 1. The number of aromatic nitrogens is 3. The molecule has 10 nitrogen and oxygen atoms in total. The molecule has 0 bridgehead atoms. The highest BCUT2D eigenvalue weighted by atomic mass is 16.5. The smallest absolute Gasteiger partial charge is 0.191 e. The van der Waals surface area contributed by atoms with Gasteiger partial charge in [-0.05, 0) is 19.8 Å². The van der Waals surface area contributed by atoms with Crippen LogP contribution in [0.25, 0.3) is 0 Å². The quantitative estimate of drug-likeness (QED) is 0.323. The number of anilines is 1. The summed E-state index contributed by atoms with van der Waals surface area (Å²) in [6.07, 6.45) is 1.90. The van der Waals surface area contributed by atoms with Crippen LogP contribution in [0.4, 0.5) is 5.69 Å². The summed E-state index contributed by atoms with van der Waals surface area (Å²) in [7, 11) is 7.01. The van der Waals surface area contributed by atoms with Gasteiger partial charge < -0.3 is 34.3 Å². The Kier molecular flexibility index (Phi) is 8.55. The average molecular weight is 446 g/mol. The van der Waals surface area contributed by atoms with Gasteiger partial charge in [-0.3, -0.25) is 0 Å². The molecule has 1 aromatic carbocycles. The Labute approximate surface area is 190 Å². The van der Waals surface area contributed by atoms with Crippen LogP contribution in [0.5, 0.6) is 11.5 Å². The standard InChI is InChI=1S/C22H35N7O3/c1-16-26-27-21(28(16)2)14-24-22(23-8-6-10-30-3)25-17-7-9-29(15-17)18-11-19(31-4)13-20(12-18)32-5/h11-13,17H,6-10,14-15H2,1-5H3,(H2,23,24,25). The minimum Gasteiger partial charge on any atom is -0.497 e. The van der Waals surface area contributed by atoms with E-state index in [1.807, 2.05) is 36.7 Å². The van der Waals surface area contributed by atoms with Gasteiger partial charge in [-0.1, -0.05) is 0 Å². The number of hydrogen-bond donors (Lipinski definition) is 2. The maximum absolute atomic E-state index is 5.42. The second kappa shape index (κ2) is 11.6. The fourth-order valence-electron chi connectivity index (χ4n) is 3.60. The number of nitrogens with zero attached hydrogens (tertiary/aromatic N) is 5. The molecule has 10 heteroatoms. The van der Waals surface area contributed by atoms with Crippen LogP contribution in [-0.4, -0.2) is 74.3 Å². The summed E-state index contributed by atoms with van der Waals surface area (Å²) >= 11 is 0. The van der Waals surface area contributed by atoms with Gasteiger partial charge >= 0.3 is 0 Å². The Morgan fingerprint density at radius 1 is 1.16 bits per heavy atom. The maximum atomic E-state index is 5.42. The molecule has 2 N–H and O–H groups in total. The van der Waals surface area contributed by atoms with Crippen LogP contribution < -0.4 is 25.0 Å². The van der Waals surface area contributed by atoms with Crippen LogP contribution in [-0.2, 0) is 18.3 Å². The van der Waals surface area contributed by atoms with Crippen LogP contribution in [0.2, 0.25) is 0 Å². The first kappa shape index (κ1) is 23.6. The lowest BCUT2D eigenvalue weighted by Crippen LogP contribution is -2.45. The zero-order valence-electron chi connectivity index (χ0n) is 19.7. The molecule has 1 aromatic heterocycles. The first-order chi connectivity index (χ1) is 15.5. The van der Waals surface area contributed by atoms with Crippen molar-refractivity contribution in [2.45, 2.75) is 32.4 Å². The summed E-state index contributed by atoms with van der Waals surface area (Å²) in [4.78, 5) is 7.08. The van der Waals surface area contributed by atoms with Crippen LogP contribution in [0.1, 0.15) is 24.5 Å². The summed E-state index contributed by atoms with van der Waals surface area (Å²) in [6, 6.07) is 6.23. The molecule has 1 aliphatic rings. The minimum atomic E-state index is 0.266. The van der Waals surface area contributed by atoms with Crippen molar-refractivity contribution in [2.24, 2.45) is 12.0 Å². The monoisotopic (exact) mass is 445 g/mol. The number of benzene rings is 1. The number of hydrogen-bond acceptors (Lipinski definition) is 7. The number of methoxy groups -OCH3 is 3. The third-order valence-corrected chi connectivity index (χ3v) is 5.61. The highest BCUT2D eigenvalue weighted by Gasteiger charge is 2.24. The van der Waals surface area contributed by atoms with Crippen molar-refractivity contribution in [3.63, 3.8) is 0 Å². The highest BCUT2D eigenvalue weighted by Crippen LogP contribution is 2.30. The molecule has 32 heavy (non-hydrogen) atoms. The Morgan fingerprint density at radius 3 is 2.53 bits per heavy atom. The largest absolute Gasteiger partial charge is 0.497 e. The lowest BCUT2D eigenvalue weighted by molar-refractivity contribution is 0.195. The van der Waals surface area contributed by atoms with Crippen molar-refractivity contribution < 1.29 is 14.2 Å². The van der Waals surface area contributed by atoms with Crippen molar-refractivity contribution in [3.8, 4) is 11.5 Å². The van der Waals surface area contributed by atoms with E-state index in [9.17, 15) is 0 Å². The van der Waals surface area contributed by atoms with E-state index < -0.39 is 0 Å². The SMILES string of the molecule is COCCCNC(=NCc1nnc(C)n1C)NC1CCN(c2cc(OC)cc(OC)c2)C1. The van der Waals surface area contributed by atoms with Gasteiger partial charge in [-0.15, -0.1) is 10.2 Å². The Balaban J connectivity index is 1.65. The van der Waals surface area contributed by atoms with Crippen LogP contribution >= 0.6 is 0 Å². The first-order valence-electron chi connectivity index (χ1n) is 10.9. The normalized spacial score (nSPS) is 16.3. The molecule has 0 aliphatic carbocycles. The van der Waals surface area contributed by atoms with E-state index in [-0.39, 0.29) is 6.04 Å². The van der Waals surface area contributed by atoms with Gasteiger partial charge in [-0.2, -0.15) is 0 Å².